The predicted molar refractivity (Wildman–Crippen MR) is 105 cm³/mol. The summed E-state index contributed by atoms with van der Waals surface area (Å²) in [5.41, 5.74) is 7.77. The van der Waals surface area contributed by atoms with E-state index in [0.717, 1.165) is 43.6 Å². The van der Waals surface area contributed by atoms with E-state index in [9.17, 15) is 4.39 Å². The molecule has 1 atom stereocenters. The Morgan fingerprint density at radius 2 is 2.15 bits per heavy atom. The molecule has 7 heteroatoms. The first-order valence-electron chi connectivity index (χ1n) is 9.45. The largest absolute Gasteiger partial charge is 0.355 e. The van der Waals surface area contributed by atoms with E-state index in [1.165, 1.54) is 6.07 Å². The summed E-state index contributed by atoms with van der Waals surface area (Å²) in [7, 11) is 0. The monoisotopic (exact) mass is 368 g/mol. The molecule has 6 nitrogen and oxygen atoms in total. The maximum Gasteiger partial charge on any atom is 0.155 e. The molecule has 4 heterocycles. The number of nitrogens with zero attached hydrogens (tertiary/aromatic N) is 4. The summed E-state index contributed by atoms with van der Waals surface area (Å²) in [4.78, 5) is 11.0. The van der Waals surface area contributed by atoms with Gasteiger partial charge in [-0.2, -0.15) is 5.10 Å². The molecule has 4 rings (SSSR count). The summed E-state index contributed by atoms with van der Waals surface area (Å²) in [6, 6.07) is 6.86. The standard InChI is InChI=1S/C20H25FN6/c1-13(2)11-20(22)8-4-10-27(12-20)16-7-6-15(21)18(24-16)17-14-5-3-9-23-19(14)26-25-17/h3,5-7,9,13H,4,8,10-12,22H2,1-2H3,(H,23,25,26). The number of hydrogen-bond acceptors (Lipinski definition) is 5. The van der Waals surface area contributed by atoms with E-state index in [1.807, 2.05) is 12.1 Å². The Kier molecular flexibility index (Phi) is 4.55. The zero-order chi connectivity index (χ0) is 19.0. The van der Waals surface area contributed by atoms with E-state index >= 15 is 0 Å². The van der Waals surface area contributed by atoms with Gasteiger partial charge in [0.2, 0.25) is 0 Å². The zero-order valence-corrected chi connectivity index (χ0v) is 15.7. The number of piperidine rings is 1. The highest BCUT2D eigenvalue weighted by atomic mass is 19.1. The first kappa shape index (κ1) is 17.9. The Hall–Kier alpha value is -2.54. The van der Waals surface area contributed by atoms with Gasteiger partial charge in [0.05, 0.1) is 0 Å². The number of fused-ring (bicyclic) bond motifs is 1. The molecule has 1 aliphatic rings. The van der Waals surface area contributed by atoms with Gasteiger partial charge in [0.15, 0.2) is 11.5 Å². The molecule has 3 aromatic rings. The first-order chi connectivity index (χ1) is 13.0. The molecule has 1 unspecified atom stereocenters. The van der Waals surface area contributed by atoms with Crippen LogP contribution in [0.4, 0.5) is 10.2 Å². The van der Waals surface area contributed by atoms with Crippen molar-refractivity contribution in [2.45, 2.75) is 38.6 Å². The van der Waals surface area contributed by atoms with Gasteiger partial charge in [-0.05, 0) is 49.4 Å². The molecule has 3 N–H and O–H groups in total. The minimum atomic E-state index is -0.394. The SMILES string of the molecule is CC(C)CC1(N)CCCN(c2ccc(F)c(-c3n[nH]c4ncccc34)n2)C1. The van der Waals surface area contributed by atoms with Crippen LogP contribution in [-0.2, 0) is 0 Å². The van der Waals surface area contributed by atoms with Crippen LogP contribution in [0.3, 0.4) is 0 Å². The summed E-state index contributed by atoms with van der Waals surface area (Å²) in [6.45, 7) is 5.99. The van der Waals surface area contributed by atoms with Crippen LogP contribution in [0.15, 0.2) is 30.5 Å². The smallest absolute Gasteiger partial charge is 0.155 e. The highest BCUT2D eigenvalue weighted by Crippen LogP contribution is 2.31. The molecule has 142 valence electrons. The van der Waals surface area contributed by atoms with E-state index in [-0.39, 0.29) is 11.2 Å². The number of pyridine rings is 2. The lowest BCUT2D eigenvalue weighted by molar-refractivity contribution is 0.287. The molecule has 27 heavy (non-hydrogen) atoms. The second kappa shape index (κ2) is 6.88. The molecular formula is C20H25FN6. The molecule has 3 aromatic heterocycles. The van der Waals surface area contributed by atoms with Crippen molar-refractivity contribution in [2.75, 3.05) is 18.0 Å². The van der Waals surface area contributed by atoms with Crippen molar-refractivity contribution in [2.24, 2.45) is 11.7 Å². The van der Waals surface area contributed by atoms with Crippen LogP contribution in [0.5, 0.6) is 0 Å². The zero-order valence-electron chi connectivity index (χ0n) is 15.7. The van der Waals surface area contributed by atoms with Gasteiger partial charge in [0.25, 0.3) is 0 Å². The van der Waals surface area contributed by atoms with E-state index in [2.05, 4.69) is 38.9 Å². The number of H-pyrrole nitrogens is 1. The van der Waals surface area contributed by atoms with Crippen molar-refractivity contribution in [3.05, 3.63) is 36.3 Å². The van der Waals surface area contributed by atoms with Gasteiger partial charge in [-0.25, -0.2) is 14.4 Å². The van der Waals surface area contributed by atoms with Gasteiger partial charge in [-0.1, -0.05) is 13.8 Å². The van der Waals surface area contributed by atoms with Crippen molar-refractivity contribution in [1.29, 1.82) is 0 Å². The molecule has 1 saturated heterocycles. The minimum absolute atomic E-state index is 0.231. The van der Waals surface area contributed by atoms with Crippen LogP contribution >= 0.6 is 0 Å². The molecule has 0 aliphatic carbocycles. The fourth-order valence-corrected chi connectivity index (χ4v) is 4.14. The molecule has 1 aliphatic heterocycles. The molecule has 0 radical (unpaired) electrons. The fourth-order valence-electron chi connectivity index (χ4n) is 4.14. The minimum Gasteiger partial charge on any atom is -0.355 e. The second-order valence-corrected chi connectivity index (χ2v) is 7.96. The lowest BCUT2D eigenvalue weighted by atomic mass is 9.83. The molecule has 1 fully saturated rings. The van der Waals surface area contributed by atoms with Crippen LogP contribution in [0.2, 0.25) is 0 Å². The van der Waals surface area contributed by atoms with Crippen LogP contribution in [0.25, 0.3) is 22.4 Å². The lowest BCUT2D eigenvalue weighted by Gasteiger charge is -2.42. The van der Waals surface area contributed by atoms with Crippen molar-refractivity contribution in [1.82, 2.24) is 20.2 Å². The summed E-state index contributed by atoms with van der Waals surface area (Å²) < 4.78 is 14.6. The van der Waals surface area contributed by atoms with Gasteiger partial charge < -0.3 is 10.6 Å². The summed E-state index contributed by atoms with van der Waals surface area (Å²) in [5, 5.41) is 7.85. The number of anilines is 1. The number of hydrogen-bond donors (Lipinski definition) is 2. The van der Waals surface area contributed by atoms with Gasteiger partial charge in [0.1, 0.15) is 17.2 Å². The number of halogens is 1. The molecule has 0 spiro atoms. The van der Waals surface area contributed by atoms with Crippen LogP contribution in [0, 0.1) is 11.7 Å². The van der Waals surface area contributed by atoms with Crippen molar-refractivity contribution >= 4 is 16.9 Å². The van der Waals surface area contributed by atoms with E-state index in [1.54, 1.807) is 12.3 Å². The summed E-state index contributed by atoms with van der Waals surface area (Å²) >= 11 is 0. The molecule has 0 bridgehead atoms. The fraction of sp³-hybridized carbons (Fsp3) is 0.450. The Morgan fingerprint density at radius 3 is 2.96 bits per heavy atom. The third-order valence-electron chi connectivity index (χ3n) is 5.14. The maximum atomic E-state index is 14.6. The van der Waals surface area contributed by atoms with Gasteiger partial charge in [-0.3, -0.25) is 5.10 Å². The second-order valence-electron chi connectivity index (χ2n) is 7.96. The Morgan fingerprint density at radius 1 is 1.30 bits per heavy atom. The van der Waals surface area contributed by atoms with Crippen molar-refractivity contribution < 1.29 is 4.39 Å². The number of aromatic amines is 1. The van der Waals surface area contributed by atoms with E-state index in [4.69, 9.17) is 5.73 Å². The highest BCUT2D eigenvalue weighted by molar-refractivity contribution is 5.89. The average molecular weight is 368 g/mol. The van der Waals surface area contributed by atoms with Crippen molar-refractivity contribution in [3.8, 4) is 11.4 Å². The average Bonchev–Trinajstić information content (AvgIpc) is 3.05. The Labute approximate surface area is 158 Å². The quantitative estimate of drug-likeness (QED) is 0.736. The third kappa shape index (κ3) is 3.51. The third-order valence-corrected chi connectivity index (χ3v) is 5.14. The molecule has 0 amide bonds. The number of rotatable bonds is 4. The van der Waals surface area contributed by atoms with Crippen LogP contribution in [-0.4, -0.2) is 38.8 Å². The van der Waals surface area contributed by atoms with Gasteiger partial charge in [0, 0.05) is 30.2 Å². The normalized spacial score (nSPS) is 20.6. The maximum absolute atomic E-state index is 14.6. The topological polar surface area (TPSA) is 83.7 Å². The van der Waals surface area contributed by atoms with Crippen LogP contribution in [0.1, 0.15) is 33.1 Å². The highest BCUT2D eigenvalue weighted by Gasteiger charge is 2.33. The van der Waals surface area contributed by atoms with E-state index in [0.29, 0.717) is 17.3 Å². The molecule has 0 saturated carbocycles. The summed E-state index contributed by atoms with van der Waals surface area (Å²) in [5.74, 6) is 0.883. The first-order valence-corrected chi connectivity index (χ1v) is 9.45. The van der Waals surface area contributed by atoms with E-state index < -0.39 is 5.82 Å². The summed E-state index contributed by atoms with van der Waals surface area (Å²) in [6.07, 6.45) is 4.65. The van der Waals surface area contributed by atoms with Gasteiger partial charge >= 0.3 is 0 Å². The lowest BCUT2D eigenvalue weighted by Crippen LogP contribution is -2.55. The van der Waals surface area contributed by atoms with Crippen molar-refractivity contribution in [3.63, 3.8) is 0 Å². The molecular weight excluding hydrogens is 343 g/mol. The number of nitrogens with two attached hydrogens (primary N) is 1. The number of aromatic nitrogens is 4. The Balaban J connectivity index is 1.68. The van der Waals surface area contributed by atoms with Gasteiger partial charge in [-0.15, -0.1) is 0 Å². The number of nitrogens with one attached hydrogen (secondary N) is 1. The predicted octanol–water partition coefficient (Wildman–Crippen LogP) is 3.50. The van der Waals surface area contributed by atoms with Crippen LogP contribution < -0.4 is 10.6 Å². The Bertz CT molecular complexity index is 953. The molecule has 0 aromatic carbocycles.